The molecule has 3 rings (SSSR count). The molecule has 0 unspecified atom stereocenters. The number of aromatic nitrogens is 2. The van der Waals surface area contributed by atoms with Crippen molar-refractivity contribution < 1.29 is 14.3 Å². The van der Waals surface area contributed by atoms with Crippen LogP contribution < -0.4 is 9.47 Å². The van der Waals surface area contributed by atoms with E-state index in [-0.39, 0.29) is 0 Å². The average Bonchev–Trinajstić information content (AvgIpc) is 2.63. The third-order valence-electron chi connectivity index (χ3n) is 3.27. The number of rotatable bonds is 5. The fourth-order valence-electron chi connectivity index (χ4n) is 2.16. The molecule has 0 atom stereocenters. The molecule has 0 aliphatic heterocycles. The molecular weight excluding hydrogens is 292 g/mol. The van der Waals surface area contributed by atoms with Gasteiger partial charge in [-0.1, -0.05) is 36.4 Å². The molecule has 0 radical (unpaired) electrons. The molecule has 2 aromatic carbocycles. The molecule has 5 heteroatoms. The first kappa shape index (κ1) is 14.7. The fourth-order valence-corrected chi connectivity index (χ4v) is 2.16. The summed E-state index contributed by atoms with van der Waals surface area (Å²) >= 11 is 0. The third kappa shape index (κ3) is 3.18. The Morgan fingerprint density at radius 2 is 1.83 bits per heavy atom. The minimum Gasteiger partial charge on any atom is -0.493 e. The molecule has 0 N–H and O–H groups in total. The Kier molecular flexibility index (Phi) is 4.29. The highest BCUT2D eigenvalue weighted by molar-refractivity contribution is 5.81. The number of para-hydroxylation sites is 1. The number of carbonyl (C=O) groups excluding carboxylic acids is 1. The van der Waals surface area contributed by atoms with Crippen molar-refractivity contribution in [2.75, 3.05) is 7.11 Å². The Morgan fingerprint density at radius 3 is 2.57 bits per heavy atom. The van der Waals surface area contributed by atoms with Crippen molar-refractivity contribution in [2.45, 2.75) is 0 Å². The zero-order chi connectivity index (χ0) is 16.1. The Morgan fingerprint density at radius 1 is 1.00 bits per heavy atom. The minimum absolute atomic E-state index is 0.336. The van der Waals surface area contributed by atoms with Crippen molar-refractivity contribution in [1.29, 1.82) is 0 Å². The molecule has 0 aliphatic carbocycles. The molecule has 1 heterocycles. The molecule has 5 nitrogen and oxygen atoms in total. The van der Waals surface area contributed by atoms with Crippen LogP contribution in [0.15, 0.2) is 60.9 Å². The quantitative estimate of drug-likeness (QED) is 0.672. The predicted octanol–water partition coefficient (Wildman–Crippen LogP) is 3.76. The number of ether oxygens (including phenoxy) is 2. The van der Waals surface area contributed by atoms with E-state index in [0.717, 1.165) is 17.5 Å². The van der Waals surface area contributed by atoms with E-state index in [2.05, 4.69) is 9.97 Å². The summed E-state index contributed by atoms with van der Waals surface area (Å²) in [5, 5.41) is 0. The van der Waals surface area contributed by atoms with Crippen LogP contribution in [0.3, 0.4) is 0 Å². The minimum atomic E-state index is 0.336. The van der Waals surface area contributed by atoms with Crippen LogP contribution in [0.4, 0.5) is 0 Å². The molecule has 0 spiro atoms. The largest absolute Gasteiger partial charge is 0.493 e. The van der Waals surface area contributed by atoms with Crippen LogP contribution in [0, 0.1) is 0 Å². The monoisotopic (exact) mass is 306 g/mol. The van der Waals surface area contributed by atoms with Crippen molar-refractivity contribution in [3.8, 4) is 28.6 Å². The SMILES string of the molecule is COc1cccc(C=O)c1Oc1cc(-c2ccccc2)ncn1. The molecule has 0 saturated carbocycles. The van der Waals surface area contributed by atoms with Crippen LogP contribution in [0.1, 0.15) is 10.4 Å². The zero-order valence-corrected chi connectivity index (χ0v) is 12.5. The number of methoxy groups -OCH3 is 1. The summed E-state index contributed by atoms with van der Waals surface area (Å²) in [4.78, 5) is 19.6. The number of carbonyl (C=O) groups is 1. The van der Waals surface area contributed by atoms with Gasteiger partial charge in [0.2, 0.25) is 5.88 Å². The summed E-state index contributed by atoms with van der Waals surface area (Å²) in [5.74, 6) is 1.14. The molecular formula is C18H14N2O3. The van der Waals surface area contributed by atoms with Crippen LogP contribution in [0.25, 0.3) is 11.3 Å². The standard InChI is InChI=1S/C18H14N2O3/c1-22-16-9-5-8-14(11-21)18(16)23-17-10-15(19-12-20-17)13-6-3-2-4-7-13/h2-12H,1H3. The smallest absolute Gasteiger partial charge is 0.223 e. The molecule has 0 aliphatic rings. The fraction of sp³-hybridized carbons (Fsp3) is 0.0556. The van der Waals surface area contributed by atoms with Crippen LogP contribution in [-0.4, -0.2) is 23.4 Å². The third-order valence-corrected chi connectivity index (χ3v) is 3.27. The molecule has 0 saturated heterocycles. The first-order valence-electron chi connectivity index (χ1n) is 6.99. The van der Waals surface area contributed by atoms with Crippen LogP contribution in [0.2, 0.25) is 0 Å². The second-order valence-electron chi connectivity index (χ2n) is 4.71. The maximum absolute atomic E-state index is 11.2. The van der Waals surface area contributed by atoms with Gasteiger partial charge in [0, 0.05) is 11.6 Å². The molecule has 114 valence electrons. The van der Waals surface area contributed by atoms with E-state index in [9.17, 15) is 4.79 Å². The maximum atomic E-state index is 11.2. The van der Waals surface area contributed by atoms with Crippen molar-refractivity contribution in [3.05, 3.63) is 66.5 Å². The van der Waals surface area contributed by atoms with Gasteiger partial charge in [0.25, 0.3) is 0 Å². The number of hydrogen-bond acceptors (Lipinski definition) is 5. The summed E-state index contributed by atoms with van der Waals surface area (Å²) in [6.45, 7) is 0. The zero-order valence-electron chi connectivity index (χ0n) is 12.5. The van der Waals surface area contributed by atoms with Gasteiger partial charge in [-0.3, -0.25) is 4.79 Å². The second-order valence-corrected chi connectivity index (χ2v) is 4.71. The topological polar surface area (TPSA) is 61.3 Å². The molecule has 1 aromatic heterocycles. The van der Waals surface area contributed by atoms with Gasteiger partial charge >= 0.3 is 0 Å². The van der Waals surface area contributed by atoms with Crippen LogP contribution in [-0.2, 0) is 0 Å². The average molecular weight is 306 g/mol. The van der Waals surface area contributed by atoms with Gasteiger partial charge in [-0.15, -0.1) is 0 Å². The molecule has 23 heavy (non-hydrogen) atoms. The Bertz CT molecular complexity index is 820. The van der Waals surface area contributed by atoms with E-state index < -0.39 is 0 Å². The number of aldehydes is 1. The lowest BCUT2D eigenvalue weighted by Crippen LogP contribution is -1.97. The Hall–Kier alpha value is -3.21. The first-order chi connectivity index (χ1) is 11.3. The van der Waals surface area contributed by atoms with E-state index >= 15 is 0 Å². The van der Waals surface area contributed by atoms with Crippen LogP contribution in [0.5, 0.6) is 17.4 Å². The van der Waals surface area contributed by atoms with Gasteiger partial charge in [-0.25, -0.2) is 9.97 Å². The van der Waals surface area contributed by atoms with Gasteiger partial charge < -0.3 is 9.47 Å². The van der Waals surface area contributed by atoms with E-state index in [1.54, 1.807) is 24.3 Å². The molecule has 0 fully saturated rings. The summed E-state index contributed by atoms with van der Waals surface area (Å²) in [5.41, 5.74) is 2.08. The molecule has 3 aromatic rings. The lowest BCUT2D eigenvalue weighted by atomic mass is 10.1. The Balaban J connectivity index is 1.97. The van der Waals surface area contributed by atoms with E-state index in [1.165, 1.54) is 13.4 Å². The van der Waals surface area contributed by atoms with Gasteiger partial charge in [0.1, 0.15) is 6.33 Å². The van der Waals surface area contributed by atoms with Gasteiger partial charge in [-0.05, 0) is 12.1 Å². The van der Waals surface area contributed by atoms with E-state index in [1.807, 2.05) is 30.3 Å². The van der Waals surface area contributed by atoms with Crippen molar-refractivity contribution >= 4 is 6.29 Å². The molecule has 0 bridgehead atoms. The van der Waals surface area contributed by atoms with E-state index in [4.69, 9.17) is 9.47 Å². The van der Waals surface area contributed by atoms with Crippen LogP contribution >= 0.6 is 0 Å². The highest BCUT2D eigenvalue weighted by atomic mass is 16.5. The summed E-state index contributed by atoms with van der Waals surface area (Å²) < 4.78 is 11.0. The summed E-state index contributed by atoms with van der Waals surface area (Å²) in [6, 6.07) is 16.5. The lowest BCUT2D eigenvalue weighted by Gasteiger charge is -2.11. The normalized spacial score (nSPS) is 10.1. The van der Waals surface area contributed by atoms with Gasteiger partial charge in [-0.2, -0.15) is 0 Å². The first-order valence-corrected chi connectivity index (χ1v) is 6.99. The van der Waals surface area contributed by atoms with Gasteiger partial charge in [0.05, 0.1) is 18.4 Å². The highest BCUT2D eigenvalue weighted by Crippen LogP contribution is 2.34. The number of hydrogen-bond donors (Lipinski definition) is 0. The summed E-state index contributed by atoms with van der Waals surface area (Å²) in [7, 11) is 1.52. The van der Waals surface area contributed by atoms with Crippen molar-refractivity contribution in [3.63, 3.8) is 0 Å². The van der Waals surface area contributed by atoms with E-state index in [0.29, 0.717) is 22.9 Å². The van der Waals surface area contributed by atoms with Crippen molar-refractivity contribution in [2.24, 2.45) is 0 Å². The predicted molar refractivity (Wildman–Crippen MR) is 85.9 cm³/mol. The van der Waals surface area contributed by atoms with Gasteiger partial charge in [0.15, 0.2) is 17.8 Å². The Labute approximate surface area is 133 Å². The second kappa shape index (κ2) is 6.70. The highest BCUT2D eigenvalue weighted by Gasteiger charge is 2.12. The number of nitrogens with zero attached hydrogens (tertiary/aromatic N) is 2. The van der Waals surface area contributed by atoms with Crippen molar-refractivity contribution in [1.82, 2.24) is 9.97 Å². The number of benzene rings is 2. The maximum Gasteiger partial charge on any atom is 0.223 e. The molecule has 0 amide bonds. The summed E-state index contributed by atoms with van der Waals surface area (Å²) in [6.07, 6.45) is 2.14. The lowest BCUT2D eigenvalue weighted by molar-refractivity contribution is 0.112.